The fourth-order valence-corrected chi connectivity index (χ4v) is 4.65. The normalized spacial score (nSPS) is 10.9. The molecule has 6 aromatic carbocycles. The van der Waals surface area contributed by atoms with Crippen LogP contribution in [0.4, 0.5) is 23.0 Å². The van der Waals surface area contributed by atoms with E-state index in [0.29, 0.717) is 11.6 Å². The summed E-state index contributed by atoms with van der Waals surface area (Å²) in [7, 11) is 0. The van der Waals surface area contributed by atoms with Gasteiger partial charge >= 0.3 is 0 Å². The molecular weight excluding hydrogens is 520 g/mol. The molecule has 0 fully saturated rings. The van der Waals surface area contributed by atoms with E-state index in [2.05, 4.69) is 34.9 Å². The van der Waals surface area contributed by atoms with Crippen LogP contribution in [0, 0.1) is 0 Å². The van der Waals surface area contributed by atoms with Gasteiger partial charge in [0.05, 0.1) is 11.0 Å². The van der Waals surface area contributed by atoms with Crippen LogP contribution in [-0.2, 0) is 0 Å². The molecule has 42 heavy (non-hydrogen) atoms. The number of fused-ring (bicyclic) bond motifs is 2. The van der Waals surface area contributed by atoms with Crippen molar-refractivity contribution in [2.24, 2.45) is 0 Å². The first-order chi connectivity index (χ1) is 20.7. The third kappa shape index (κ3) is 5.69. The van der Waals surface area contributed by atoms with Crippen LogP contribution in [0.2, 0.25) is 0 Å². The molecule has 0 aliphatic carbocycles. The second kappa shape index (κ2) is 11.3. The number of anilines is 4. The molecule has 1 aromatic heterocycles. The SMILES string of the molecule is c1ccc(Oc2ccc(Nc3nc4cc5ccccc5cc4nc3Nc3ccc(Oc4ccccc4)cc3)cc2)cc1. The summed E-state index contributed by atoms with van der Waals surface area (Å²) < 4.78 is 11.9. The predicted octanol–water partition coefficient (Wildman–Crippen LogP) is 9.85. The molecule has 2 N–H and O–H groups in total. The van der Waals surface area contributed by atoms with E-state index in [1.54, 1.807) is 0 Å². The van der Waals surface area contributed by atoms with Gasteiger partial charge in [-0.2, -0.15) is 0 Å². The van der Waals surface area contributed by atoms with Crippen LogP contribution in [0.15, 0.2) is 146 Å². The van der Waals surface area contributed by atoms with E-state index in [-0.39, 0.29) is 0 Å². The van der Waals surface area contributed by atoms with Crippen LogP contribution in [0.25, 0.3) is 21.8 Å². The molecule has 7 rings (SSSR count). The Bertz CT molecular complexity index is 1820. The van der Waals surface area contributed by atoms with Crippen molar-refractivity contribution in [3.05, 3.63) is 146 Å². The van der Waals surface area contributed by atoms with Crippen LogP contribution < -0.4 is 20.1 Å². The van der Waals surface area contributed by atoms with Crippen molar-refractivity contribution in [2.75, 3.05) is 10.6 Å². The largest absolute Gasteiger partial charge is 0.457 e. The van der Waals surface area contributed by atoms with Crippen molar-refractivity contribution in [1.82, 2.24) is 9.97 Å². The van der Waals surface area contributed by atoms with E-state index in [4.69, 9.17) is 19.4 Å². The zero-order valence-electron chi connectivity index (χ0n) is 22.6. The van der Waals surface area contributed by atoms with E-state index >= 15 is 0 Å². The number of para-hydroxylation sites is 2. The molecule has 1 heterocycles. The van der Waals surface area contributed by atoms with Crippen LogP contribution >= 0.6 is 0 Å². The van der Waals surface area contributed by atoms with Gasteiger partial charge in [0, 0.05) is 11.4 Å². The zero-order valence-corrected chi connectivity index (χ0v) is 22.6. The summed E-state index contributed by atoms with van der Waals surface area (Å²) in [5.74, 6) is 4.30. The lowest BCUT2D eigenvalue weighted by Gasteiger charge is -2.15. The maximum absolute atomic E-state index is 5.95. The molecule has 0 atom stereocenters. The Hall–Kier alpha value is -5.88. The Morgan fingerprint density at radius 3 is 1.14 bits per heavy atom. The smallest absolute Gasteiger partial charge is 0.174 e. The molecular formula is C36H26N4O2. The molecule has 0 spiro atoms. The summed E-state index contributed by atoms with van der Waals surface area (Å²) in [5, 5.41) is 9.13. The van der Waals surface area contributed by atoms with E-state index in [9.17, 15) is 0 Å². The Labute approximate surface area is 243 Å². The predicted molar refractivity (Wildman–Crippen MR) is 170 cm³/mol. The summed E-state index contributed by atoms with van der Waals surface area (Å²) in [5.41, 5.74) is 3.33. The standard InChI is InChI=1S/C36H26N4O2/c1-3-11-29(12-4-1)41-31-19-15-27(16-20-31)37-35-36(40-34-24-26-10-8-7-9-25(26)23-33(34)39-35)38-28-17-21-32(22-18-28)42-30-13-5-2-6-14-30/h1-24H,(H,37,39)(H,38,40). The van der Waals surface area contributed by atoms with Crippen LogP contribution in [0.5, 0.6) is 23.0 Å². The number of ether oxygens (including phenoxy) is 2. The van der Waals surface area contributed by atoms with Gasteiger partial charge in [-0.1, -0.05) is 60.7 Å². The minimum Gasteiger partial charge on any atom is -0.457 e. The summed E-state index contributed by atoms with van der Waals surface area (Å²) in [4.78, 5) is 9.98. The monoisotopic (exact) mass is 546 g/mol. The van der Waals surface area contributed by atoms with Gasteiger partial charge in [-0.05, 0) is 95.7 Å². The lowest BCUT2D eigenvalue weighted by molar-refractivity contribution is 0.482. The van der Waals surface area contributed by atoms with Gasteiger partial charge in [-0.3, -0.25) is 0 Å². The second-order valence-electron chi connectivity index (χ2n) is 9.74. The first-order valence-corrected chi connectivity index (χ1v) is 13.7. The van der Waals surface area contributed by atoms with Crippen molar-refractivity contribution in [1.29, 1.82) is 0 Å². The van der Waals surface area contributed by atoms with Gasteiger partial charge in [0.2, 0.25) is 0 Å². The molecule has 0 aliphatic heterocycles. The van der Waals surface area contributed by atoms with Crippen molar-refractivity contribution in [2.45, 2.75) is 0 Å². The van der Waals surface area contributed by atoms with Gasteiger partial charge < -0.3 is 20.1 Å². The van der Waals surface area contributed by atoms with Crippen LogP contribution in [0.1, 0.15) is 0 Å². The molecule has 0 bridgehead atoms. The second-order valence-corrected chi connectivity index (χ2v) is 9.74. The fourth-order valence-electron chi connectivity index (χ4n) is 4.65. The van der Waals surface area contributed by atoms with E-state index < -0.39 is 0 Å². The molecule has 6 heteroatoms. The van der Waals surface area contributed by atoms with Crippen molar-refractivity contribution < 1.29 is 9.47 Å². The van der Waals surface area contributed by atoms with Crippen LogP contribution in [0.3, 0.4) is 0 Å². The lowest BCUT2D eigenvalue weighted by atomic mass is 10.1. The number of hydrogen-bond acceptors (Lipinski definition) is 6. The topological polar surface area (TPSA) is 68.3 Å². The highest BCUT2D eigenvalue weighted by molar-refractivity contribution is 5.96. The Balaban J connectivity index is 1.19. The fraction of sp³-hybridized carbons (Fsp3) is 0. The number of rotatable bonds is 8. The Morgan fingerprint density at radius 2 is 0.738 bits per heavy atom. The average Bonchev–Trinajstić information content (AvgIpc) is 3.03. The van der Waals surface area contributed by atoms with Gasteiger partial charge in [0.25, 0.3) is 0 Å². The van der Waals surface area contributed by atoms with Crippen LogP contribution in [-0.4, -0.2) is 9.97 Å². The highest BCUT2D eigenvalue weighted by Gasteiger charge is 2.12. The minimum absolute atomic E-state index is 0.610. The highest BCUT2D eigenvalue weighted by atomic mass is 16.5. The molecule has 7 aromatic rings. The van der Waals surface area contributed by atoms with Gasteiger partial charge in [-0.15, -0.1) is 0 Å². The minimum atomic E-state index is 0.610. The molecule has 0 radical (unpaired) electrons. The quantitative estimate of drug-likeness (QED) is 0.185. The van der Waals surface area contributed by atoms with Gasteiger partial charge in [0.15, 0.2) is 11.6 Å². The van der Waals surface area contributed by atoms with E-state index in [1.807, 2.05) is 121 Å². The highest BCUT2D eigenvalue weighted by Crippen LogP contribution is 2.32. The third-order valence-corrected chi connectivity index (χ3v) is 6.72. The van der Waals surface area contributed by atoms with Crippen molar-refractivity contribution in [3.8, 4) is 23.0 Å². The number of nitrogens with one attached hydrogen (secondary N) is 2. The maximum Gasteiger partial charge on any atom is 0.174 e. The number of aromatic nitrogens is 2. The molecule has 6 nitrogen and oxygen atoms in total. The number of nitrogens with zero attached hydrogens (tertiary/aromatic N) is 2. The summed E-state index contributed by atoms with van der Waals surface area (Å²) >= 11 is 0. The molecule has 0 aliphatic rings. The molecule has 202 valence electrons. The van der Waals surface area contributed by atoms with E-state index in [1.165, 1.54) is 0 Å². The average molecular weight is 547 g/mol. The lowest BCUT2D eigenvalue weighted by Crippen LogP contribution is -2.03. The first-order valence-electron chi connectivity index (χ1n) is 13.7. The van der Waals surface area contributed by atoms with Gasteiger partial charge in [0.1, 0.15) is 23.0 Å². The van der Waals surface area contributed by atoms with Crippen molar-refractivity contribution in [3.63, 3.8) is 0 Å². The Morgan fingerprint density at radius 1 is 0.381 bits per heavy atom. The summed E-state index contributed by atoms with van der Waals surface area (Å²) in [6, 6.07) is 47.4. The first kappa shape index (κ1) is 25.1. The summed E-state index contributed by atoms with van der Waals surface area (Å²) in [6.45, 7) is 0. The van der Waals surface area contributed by atoms with E-state index in [0.717, 1.165) is 56.2 Å². The van der Waals surface area contributed by atoms with Gasteiger partial charge in [-0.25, -0.2) is 9.97 Å². The molecule has 0 saturated heterocycles. The zero-order chi connectivity index (χ0) is 28.1. The number of hydrogen-bond donors (Lipinski definition) is 2. The molecule has 0 saturated carbocycles. The molecule has 0 unspecified atom stereocenters. The summed E-state index contributed by atoms with van der Waals surface area (Å²) in [6.07, 6.45) is 0. The number of benzene rings is 6. The molecule has 0 amide bonds. The maximum atomic E-state index is 5.95. The Kier molecular flexibility index (Phi) is 6.76. The van der Waals surface area contributed by atoms with Crippen molar-refractivity contribution >= 4 is 44.8 Å². The third-order valence-electron chi connectivity index (χ3n) is 6.72.